The molecule has 1 aromatic carbocycles. The quantitative estimate of drug-likeness (QED) is 0.280. The van der Waals surface area contributed by atoms with Crippen LogP contribution in [0.25, 0.3) is 0 Å². The Labute approximate surface area is 218 Å². The van der Waals surface area contributed by atoms with Crippen LogP contribution in [0.5, 0.6) is 0 Å². The minimum absolute atomic E-state index is 0.0816. The van der Waals surface area contributed by atoms with Crippen LogP contribution in [0.4, 0.5) is 5.69 Å². The molecule has 0 aromatic heterocycles. The number of carbonyl (C=O) groups is 5. The molecule has 0 spiro atoms. The second kappa shape index (κ2) is 13.8. The predicted molar refractivity (Wildman–Crippen MR) is 129 cm³/mol. The van der Waals surface area contributed by atoms with Crippen molar-refractivity contribution in [1.82, 2.24) is 0 Å². The van der Waals surface area contributed by atoms with Gasteiger partial charge in [-0.2, -0.15) is 0 Å². The summed E-state index contributed by atoms with van der Waals surface area (Å²) in [5, 5.41) is -0.713. The van der Waals surface area contributed by atoms with Crippen molar-refractivity contribution in [2.45, 2.75) is 69.3 Å². The van der Waals surface area contributed by atoms with E-state index in [4.69, 9.17) is 28.4 Å². The lowest BCUT2D eigenvalue weighted by Crippen LogP contribution is -2.58. The van der Waals surface area contributed by atoms with Crippen molar-refractivity contribution < 1.29 is 52.4 Å². The smallest absolute Gasteiger partial charge is 0.303 e. The topological polar surface area (TPSA) is 144 Å². The van der Waals surface area contributed by atoms with Crippen molar-refractivity contribution in [3.05, 3.63) is 24.3 Å². The molecule has 37 heavy (non-hydrogen) atoms. The van der Waals surface area contributed by atoms with Gasteiger partial charge in [-0.15, -0.1) is 0 Å². The predicted octanol–water partition coefficient (Wildman–Crippen LogP) is 1.82. The van der Waals surface area contributed by atoms with Gasteiger partial charge in [-0.1, -0.05) is 23.9 Å². The number of methoxy groups -OCH3 is 1. The monoisotopic (exact) mass is 541 g/mol. The van der Waals surface area contributed by atoms with Crippen LogP contribution in [-0.2, 0) is 52.4 Å². The Bertz CT molecular complexity index is 1000. The molecular formula is C24H31NO11S. The van der Waals surface area contributed by atoms with E-state index in [9.17, 15) is 24.0 Å². The number of ether oxygens (including phenoxy) is 6. The summed E-state index contributed by atoms with van der Waals surface area (Å²) in [6.07, 6.45) is -5.63. The normalized spacial score (nSPS) is 17.5. The first-order valence-corrected chi connectivity index (χ1v) is 12.2. The van der Waals surface area contributed by atoms with Crippen molar-refractivity contribution in [1.29, 1.82) is 0 Å². The molecular weight excluding hydrogens is 510 g/mol. The zero-order valence-electron chi connectivity index (χ0n) is 21.5. The molecule has 12 nitrogen and oxygen atoms in total. The number of hydrogen-bond acceptors (Lipinski definition) is 13. The van der Waals surface area contributed by atoms with E-state index in [1.807, 2.05) is 24.3 Å². The van der Waals surface area contributed by atoms with Crippen LogP contribution >= 0.6 is 11.8 Å². The molecule has 0 amide bonds. The SMILES string of the molecule is COCN1c2ccccc2S[C@H]1C(OC(C)=O)C(OC(C)=O)C(OC(C)=O)C(COC(C)=O)OC(C)=O. The Hall–Kier alpha value is -3.32. The largest absolute Gasteiger partial charge is 0.462 e. The zero-order chi connectivity index (χ0) is 27.7. The third-order valence-electron chi connectivity index (χ3n) is 4.97. The van der Waals surface area contributed by atoms with Gasteiger partial charge in [0, 0.05) is 46.6 Å². The second-order valence-corrected chi connectivity index (χ2v) is 9.19. The van der Waals surface area contributed by atoms with Gasteiger partial charge in [0.25, 0.3) is 0 Å². The van der Waals surface area contributed by atoms with Gasteiger partial charge < -0.3 is 33.3 Å². The maximum atomic E-state index is 12.3. The highest BCUT2D eigenvalue weighted by molar-refractivity contribution is 8.00. The Kier molecular flexibility index (Phi) is 11.2. The summed E-state index contributed by atoms with van der Waals surface area (Å²) in [7, 11) is 1.49. The van der Waals surface area contributed by atoms with Crippen LogP contribution in [0, 0.1) is 0 Å². The average molecular weight is 542 g/mol. The number of esters is 5. The van der Waals surface area contributed by atoms with E-state index in [2.05, 4.69) is 0 Å². The van der Waals surface area contributed by atoms with E-state index >= 15 is 0 Å². The van der Waals surface area contributed by atoms with Crippen LogP contribution in [-0.4, -0.2) is 80.1 Å². The molecule has 0 saturated carbocycles. The molecule has 0 N–H and O–H groups in total. The summed E-state index contributed by atoms with van der Waals surface area (Å²) in [5.74, 6) is -3.76. The lowest BCUT2D eigenvalue weighted by molar-refractivity contribution is -0.202. The van der Waals surface area contributed by atoms with Gasteiger partial charge in [-0.05, 0) is 12.1 Å². The molecule has 1 heterocycles. The number of rotatable bonds is 12. The van der Waals surface area contributed by atoms with Crippen LogP contribution < -0.4 is 4.90 Å². The van der Waals surface area contributed by atoms with Crippen LogP contribution in [0.15, 0.2) is 29.2 Å². The lowest BCUT2D eigenvalue weighted by atomic mass is 10.0. The zero-order valence-corrected chi connectivity index (χ0v) is 22.3. The molecule has 13 heteroatoms. The molecule has 5 atom stereocenters. The number of thioether (sulfide) groups is 1. The summed E-state index contributed by atoms with van der Waals surface area (Å²) in [6, 6.07) is 7.37. The highest BCUT2D eigenvalue weighted by Gasteiger charge is 2.50. The van der Waals surface area contributed by atoms with E-state index in [1.54, 1.807) is 4.90 Å². The molecule has 0 saturated heterocycles. The van der Waals surface area contributed by atoms with Crippen LogP contribution in [0.1, 0.15) is 34.6 Å². The van der Waals surface area contributed by atoms with Crippen molar-refractivity contribution in [3.63, 3.8) is 0 Å². The average Bonchev–Trinajstić information content (AvgIpc) is 3.15. The molecule has 1 aliphatic rings. The number of para-hydroxylation sites is 1. The number of hydrogen-bond donors (Lipinski definition) is 0. The third-order valence-corrected chi connectivity index (χ3v) is 6.33. The summed E-state index contributed by atoms with van der Waals surface area (Å²) in [5.41, 5.74) is 0.776. The van der Waals surface area contributed by atoms with Gasteiger partial charge in [0.2, 0.25) is 0 Å². The van der Waals surface area contributed by atoms with E-state index in [1.165, 1.54) is 25.8 Å². The van der Waals surface area contributed by atoms with Crippen molar-refractivity contribution in [2.75, 3.05) is 25.3 Å². The van der Waals surface area contributed by atoms with Gasteiger partial charge in [0.05, 0.1) is 5.69 Å². The highest BCUT2D eigenvalue weighted by Crippen LogP contribution is 2.46. The van der Waals surface area contributed by atoms with Crippen molar-refractivity contribution in [3.8, 4) is 0 Å². The Balaban J connectivity index is 2.63. The Morgan fingerprint density at radius 2 is 1.38 bits per heavy atom. The van der Waals surface area contributed by atoms with Crippen molar-refractivity contribution >= 4 is 47.3 Å². The van der Waals surface area contributed by atoms with E-state index in [-0.39, 0.29) is 6.73 Å². The molecule has 1 aliphatic heterocycles. The number of fused-ring (bicyclic) bond motifs is 1. The highest BCUT2D eigenvalue weighted by atomic mass is 32.2. The van der Waals surface area contributed by atoms with Gasteiger partial charge in [-0.3, -0.25) is 24.0 Å². The fourth-order valence-corrected chi connectivity index (χ4v) is 5.17. The number of nitrogens with zero attached hydrogens (tertiary/aromatic N) is 1. The Morgan fingerprint density at radius 3 is 1.92 bits per heavy atom. The summed E-state index contributed by atoms with van der Waals surface area (Å²) in [6.45, 7) is 5.22. The fraction of sp³-hybridized carbons (Fsp3) is 0.542. The summed E-state index contributed by atoms with van der Waals surface area (Å²) >= 11 is 1.31. The first-order chi connectivity index (χ1) is 17.4. The second-order valence-electron chi connectivity index (χ2n) is 8.04. The van der Waals surface area contributed by atoms with Crippen molar-refractivity contribution in [2.24, 2.45) is 0 Å². The molecule has 4 unspecified atom stereocenters. The summed E-state index contributed by atoms with van der Waals surface area (Å²) in [4.78, 5) is 62.7. The van der Waals surface area contributed by atoms with Gasteiger partial charge >= 0.3 is 29.8 Å². The summed E-state index contributed by atoms with van der Waals surface area (Å²) < 4.78 is 32.4. The maximum Gasteiger partial charge on any atom is 0.303 e. The molecule has 204 valence electrons. The van der Waals surface area contributed by atoms with Gasteiger partial charge in [0.1, 0.15) is 18.7 Å². The van der Waals surface area contributed by atoms with Gasteiger partial charge in [0.15, 0.2) is 24.4 Å². The molecule has 0 bridgehead atoms. The fourth-order valence-electron chi connectivity index (χ4n) is 3.80. The third kappa shape index (κ3) is 8.64. The minimum atomic E-state index is -1.51. The molecule has 1 aromatic rings. The number of carbonyl (C=O) groups excluding carboxylic acids is 5. The first kappa shape index (κ1) is 29.9. The van der Waals surface area contributed by atoms with Crippen LogP contribution in [0.3, 0.4) is 0 Å². The van der Waals surface area contributed by atoms with E-state index < -0.39 is 66.2 Å². The first-order valence-electron chi connectivity index (χ1n) is 11.3. The number of benzene rings is 1. The maximum absolute atomic E-state index is 12.3. The Morgan fingerprint density at radius 1 is 0.811 bits per heavy atom. The molecule has 0 aliphatic carbocycles. The van der Waals surface area contributed by atoms with E-state index in [0.29, 0.717) is 0 Å². The standard InChI is InChI=1S/C24H31NO11S/c1-13(26)32-11-19(33-14(2)27)21(34-15(3)28)22(35-16(4)29)23(36-17(5)30)24-25(12-31-6)18-9-7-8-10-20(18)37-24/h7-10,19,21-24H,11-12H2,1-6H3/t19?,21?,22?,23?,24-/m0/s1. The lowest BCUT2D eigenvalue weighted by Gasteiger charge is -2.39. The molecule has 0 fully saturated rings. The van der Waals surface area contributed by atoms with E-state index in [0.717, 1.165) is 38.3 Å². The molecule has 2 rings (SSSR count). The van der Waals surface area contributed by atoms with Gasteiger partial charge in [-0.25, -0.2) is 0 Å². The minimum Gasteiger partial charge on any atom is -0.462 e. The van der Waals surface area contributed by atoms with Crippen LogP contribution in [0.2, 0.25) is 0 Å². The molecule has 0 radical (unpaired) electrons. The number of anilines is 1.